The predicted molar refractivity (Wildman–Crippen MR) is 65.6 cm³/mol. The quantitative estimate of drug-likeness (QED) is 0.804. The number of benzene rings is 1. The Morgan fingerprint density at radius 1 is 1.44 bits per heavy atom. The first kappa shape index (κ1) is 13.0. The van der Waals surface area contributed by atoms with Gasteiger partial charge in [-0.25, -0.2) is 0 Å². The lowest BCUT2D eigenvalue weighted by Gasteiger charge is -2.16. The fourth-order valence-corrected chi connectivity index (χ4v) is 1.45. The van der Waals surface area contributed by atoms with Gasteiger partial charge in [-0.05, 0) is 31.9 Å². The predicted octanol–water partition coefficient (Wildman–Crippen LogP) is 2.16. The maximum Gasteiger partial charge on any atom is 0.124 e. The minimum Gasteiger partial charge on any atom is -0.491 e. The zero-order chi connectivity index (χ0) is 12.1. The molecule has 0 fully saturated rings. The molecule has 1 aromatic carbocycles. The van der Waals surface area contributed by atoms with Crippen molar-refractivity contribution < 1.29 is 9.84 Å². The minimum absolute atomic E-state index is 0.0608. The molecule has 0 saturated heterocycles. The molecule has 0 aliphatic rings. The van der Waals surface area contributed by atoms with Crippen LogP contribution in [-0.2, 0) is 0 Å². The molecule has 0 saturated carbocycles. The molecule has 0 spiro atoms. The number of aliphatic hydroxyl groups excluding tert-OH is 1. The Hall–Kier alpha value is -1.06. The van der Waals surface area contributed by atoms with Crippen LogP contribution in [0.3, 0.4) is 0 Å². The van der Waals surface area contributed by atoms with Crippen molar-refractivity contribution in [2.24, 2.45) is 5.73 Å². The smallest absolute Gasteiger partial charge is 0.124 e. The summed E-state index contributed by atoms with van der Waals surface area (Å²) in [5.74, 6) is 0.780. The van der Waals surface area contributed by atoms with E-state index in [-0.39, 0.29) is 6.04 Å². The van der Waals surface area contributed by atoms with Gasteiger partial charge in [-0.2, -0.15) is 0 Å². The van der Waals surface area contributed by atoms with E-state index < -0.39 is 6.10 Å². The third kappa shape index (κ3) is 3.51. The lowest BCUT2D eigenvalue weighted by atomic mass is 10.1. The van der Waals surface area contributed by atoms with Crippen molar-refractivity contribution in [3.63, 3.8) is 0 Å². The van der Waals surface area contributed by atoms with E-state index in [4.69, 9.17) is 10.5 Å². The van der Waals surface area contributed by atoms with Gasteiger partial charge in [0.15, 0.2) is 0 Å². The first-order valence-electron chi connectivity index (χ1n) is 5.71. The normalized spacial score (nSPS) is 14.6. The van der Waals surface area contributed by atoms with Gasteiger partial charge in [0.1, 0.15) is 12.4 Å². The topological polar surface area (TPSA) is 55.5 Å². The molecule has 1 rings (SSSR count). The summed E-state index contributed by atoms with van der Waals surface area (Å²) in [6.45, 7) is 6.18. The van der Waals surface area contributed by atoms with Crippen LogP contribution in [0.2, 0.25) is 0 Å². The SMILES string of the molecule is CCC(O)COc1cc(C)ccc1C(C)N. The second kappa shape index (κ2) is 5.87. The molecule has 2 unspecified atom stereocenters. The van der Waals surface area contributed by atoms with E-state index in [9.17, 15) is 5.11 Å². The second-order valence-corrected chi connectivity index (χ2v) is 4.20. The molecule has 0 amide bonds. The number of aryl methyl sites for hydroxylation is 1. The largest absolute Gasteiger partial charge is 0.491 e. The van der Waals surface area contributed by atoms with Gasteiger partial charge in [-0.15, -0.1) is 0 Å². The van der Waals surface area contributed by atoms with Crippen LogP contribution in [0.5, 0.6) is 5.75 Å². The van der Waals surface area contributed by atoms with Crippen LogP contribution in [0, 0.1) is 6.92 Å². The van der Waals surface area contributed by atoms with Crippen molar-refractivity contribution in [3.05, 3.63) is 29.3 Å². The van der Waals surface area contributed by atoms with E-state index in [2.05, 4.69) is 0 Å². The summed E-state index contributed by atoms with van der Waals surface area (Å²) < 4.78 is 5.60. The first-order valence-corrected chi connectivity index (χ1v) is 5.71. The lowest BCUT2D eigenvalue weighted by molar-refractivity contribution is 0.103. The number of aliphatic hydroxyl groups is 1. The van der Waals surface area contributed by atoms with E-state index in [1.165, 1.54) is 0 Å². The highest BCUT2D eigenvalue weighted by atomic mass is 16.5. The Balaban J connectivity index is 2.80. The fourth-order valence-electron chi connectivity index (χ4n) is 1.45. The van der Waals surface area contributed by atoms with Crippen LogP contribution in [-0.4, -0.2) is 17.8 Å². The highest BCUT2D eigenvalue weighted by Crippen LogP contribution is 2.25. The summed E-state index contributed by atoms with van der Waals surface area (Å²) in [6.07, 6.45) is 0.278. The standard InChI is InChI=1S/C13H21NO2/c1-4-11(15)8-16-13-7-9(2)5-6-12(13)10(3)14/h5-7,10-11,15H,4,8,14H2,1-3H3. The molecule has 0 aliphatic carbocycles. The van der Waals surface area contributed by atoms with Crippen LogP contribution in [0.25, 0.3) is 0 Å². The molecule has 90 valence electrons. The molecule has 2 atom stereocenters. The van der Waals surface area contributed by atoms with E-state index in [0.29, 0.717) is 13.0 Å². The Bertz CT molecular complexity index is 337. The number of hydrogen-bond acceptors (Lipinski definition) is 3. The molecule has 0 radical (unpaired) electrons. The maximum atomic E-state index is 9.46. The number of ether oxygens (including phenoxy) is 1. The second-order valence-electron chi connectivity index (χ2n) is 4.20. The van der Waals surface area contributed by atoms with Crippen molar-refractivity contribution in [1.29, 1.82) is 0 Å². The molecule has 3 heteroatoms. The van der Waals surface area contributed by atoms with Crippen molar-refractivity contribution in [2.45, 2.75) is 39.3 Å². The Kier molecular flexibility index (Phi) is 4.77. The number of rotatable bonds is 5. The van der Waals surface area contributed by atoms with E-state index in [0.717, 1.165) is 16.9 Å². The highest BCUT2D eigenvalue weighted by molar-refractivity contribution is 5.38. The third-order valence-corrected chi connectivity index (χ3v) is 2.56. The molecule has 0 aromatic heterocycles. The van der Waals surface area contributed by atoms with Crippen LogP contribution < -0.4 is 10.5 Å². The van der Waals surface area contributed by atoms with Crippen molar-refractivity contribution in [2.75, 3.05) is 6.61 Å². The van der Waals surface area contributed by atoms with Crippen LogP contribution in [0.15, 0.2) is 18.2 Å². The summed E-state index contributed by atoms with van der Waals surface area (Å²) in [6, 6.07) is 5.89. The van der Waals surface area contributed by atoms with Gasteiger partial charge in [0.05, 0.1) is 6.10 Å². The van der Waals surface area contributed by atoms with Gasteiger partial charge >= 0.3 is 0 Å². The average molecular weight is 223 g/mol. The molecular formula is C13H21NO2. The average Bonchev–Trinajstić information content (AvgIpc) is 2.25. The molecule has 3 N–H and O–H groups in total. The molecule has 16 heavy (non-hydrogen) atoms. The fraction of sp³-hybridized carbons (Fsp3) is 0.538. The lowest BCUT2D eigenvalue weighted by Crippen LogP contribution is -2.17. The van der Waals surface area contributed by atoms with Gasteiger partial charge in [0, 0.05) is 11.6 Å². The van der Waals surface area contributed by atoms with Gasteiger partial charge in [0.2, 0.25) is 0 Å². The molecule has 0 aliphatic heterocycles. The Labute approximate surface area is 97.2 Å². The number of hydrogen-bond donors (Lipinski definition) is 2. The number of nitrogens with two attached hydrogens (primary N) is 1. The maximum absolute atomic E-state index is 9.46. The minimum atomic E-state index is -0.415. The summed E-state index contributed by atoms with van der Waals surface area (Å²) in [4.78, 5) is 0. The van der Waals surface area contributed by atoms with Gasteiger partial charge in [0.25, 0.3) is 0 Å². The van der Waals surface area contributed by atoms with E-state index >= 15 is 0 Å². The first-order chi connectivity index (χ1) is 7.54. The van der Waals surface area contributed by atoms with Crippen LogP contribution in [0.1, 0.15) is 37.4 Å². The molecule has 3 nitrogen and oxygen atoms in total. The zero-order valence-corrected chi connectivity index (χ0v) is 10.2. The van der Waals surface area contributed by atoms with Gasteiger partial charge < -0.3 is 15.6 Å². The molecular weight excluding hydrogens is 202 g/mol. The van der Waals surface area contributed by atoms with E-state index in [1.807, 2.05) is 39.0 Å². The Morgan fingerprint density at radius 3 is 2.69 bits per heavy atom. The van der Waals surface area contributed by atoms with Crippen molar-refractivity contribution in [1.82, 2.24) is 0 Å². The summed E-state index contributed by atoms with van der Waals surface area (Å²) in [5, 5.41) is 9.46. The van der Waals surface area contributed by atoms with Gasteiger partial charge in [-0.3, -0.25) is 0 Å². The zero-order valence-electron chi connectivity index (χ0n) is 10.2. The highest BCUT2D eigenvalue weighted by Gasteiger charge is 2.10. The third-order valence-electron chi connectivity index (χ3n) is 2.56. The van der Waals surface area contributed by atoms with Crippen molar-refractivity contribution in [3.8, 4) is 5.75 Å². The monoisotopic (exact) mass is 223 g/mol. The van der Waals surface area contributed by atoms with E-state index in [1.54, 1.807) is 0 Å². The van der Waals surface area contributed by atoms with Gasteiger partial charge in [-0.1, -0.05) is 19.1 Å². The summed E-state index contributed by atoms with van der Waals surface area (Å²) in [7, 11) is 0. The van der Waals surface area contributed by atoms with Crippen LogP contribution >= 0.6 is 0 Å². The Morgan fingerprint density at radius 2 is 2.12 bits per heavy atom. The summed E-state index contributed by atoms with van der Waals surface area (Å²) in [5.41, 5.74) is 7.97. The molecule has 1 aromatic rings. The summed E-state index contributed by atoms with van der Waals surface area (Å²) >= 11 is 0. The molecule has 0 bridgehead atoms. The van der Waals surface area contributed by atoms with Crippen LogP contribution in [0.4, 0.5) is 0 Å². The van der Waals surface area contributed by atoms with Crippen molar-refractivity contribution >= 4 is 0 Å². The molecule has 0 heterocycles.